The van der Waals surface area contributed by atoms with E-state index >= 15 is 0 Å². The van der Waals surface area contributed by atoms with Crippen LogP contribution in [0.1, 0.15) is 248 Å². The van der Waals surface area contributed by atoms with Crippen LogP contribution in [0.5, 0.6) is 0 Å². The zero-order chi connectivity index (χ0) is 84.9. The molecule has 4 aliphatic rings. The third kappa shape index (κ3) is 21.0. The van der Waals surface area contributed by atoms with Gasteiger partial charge in [0.1, 0.15) is 18.1 Å². The summed E-state index contributed by atoms with van der Waals surface area (Å²) in [5.41, 5.74) is 17.0. The fourth-order valence-corrected chi connectivity index (χ4v) is 18.7. The highest BCUT2D eigenvalue weighted by Gasteiger charge is 2.48. The van der Waals surface area contributed by atoms with Crippen molar-refractivity contribution in [1.29, 1.82) is 0 Å². The van der Waals surface area contributed by atoms with E-state index in [9.17, 15) is 54.3 Å². The van der Waals surface area contributed by atoms with Crippen LogP contribution in [-0.4, -0.2) is 182 Å². The number of hydrogen-bond donors (Lipinski definition) is 5. The fourth-order valence-electron chi connectivity index (χ4n) is 16.3. The van der Waals surface area contributed by atoms with Gasteiger partial charge in [-0.25, -0.2) is 15.0 Å². The van der Waals surface area contributed by atoms with E-state index in [1.54, 1.807) is 59.7 Å². The molecule has 26 heteroatoms. The summed E-state index contributed by atoms with van der Waals surface area (Å²) in [5, 5.41) is 64.9. The van der Waals surface area contributed by atoms with E-state index in [-0.39, 0.29) is 139 Å². The first-order valence-electron chi connectivity index (χ1n) is 41.3. The first-order chi connectivity index (χ1) is 55.3. The number of aromatic nitrogens is 9. The summed E-state index contributed by atoms with van der Waals surface area (Å²) in [6.07, 6.45) is 13.6. The fraction of sp³-hybridized carbons (Fsp3) is 0.538. The van der Waals surface area contributed by atoms with E-state index in [4.69, 9.17) is 0 Å². The molecule has 13 rings (SSSR count). The second-order valence-corrected chi connectivity index (χ2v) is 39.0. The number of nitrogens with zero attached hydrogens (tertiary/aromatic N) is 12. The quantitative estimate of drug-likeness (QED) is 0.0336. The maximum Gasteiger partial charge on any atom is 0.248 e. The van der Waals surface area contributed by atoms with Gasteiger partial charge in [-0.3, -0.25) is 42.8 Å². The van der Waals surface area contributed by atoms with Gasteiger partial charge in [-0.1, -0.05) is 183 Å². The van der Waals surface area contributed by atoms with Crippen LogP contribution in [-0.2, 0) is 51.6 Å². The molecule has 1 saturated carbocycles. The van der Waals surface area contributed by atoms with E-state index in [0.29, 0.717) is 18.5 Å². The van der Waals surface area contributed by atoms with Crippen LogP contribution in [0, 0.1) is 31.6 Å². The van der Waals surface area contributed by atoms with E-state index < -0.39 is 60.5 Å². The van der Waals surface area contributed by atoms with E-state index in [0.717, 1.165) is 95.4 Å². The Labute approximate surface area is 701 Å². The van der Waals surface area contributed by atoms with Gasteiger partial charge in [0.25, 0.3) is 0 Å². The summed E-state index contributed by atoms with van der Waals surface area (Å²) in [4.78, 5) is 103. The number of Topliss-reactive ketones (excluding diaryl/α,β-unsaturated/α-hetero) is 3. The molecule has 1 aliphatic carbocycles. The van der Waals surface area contributed by atoms with Crippen molar-refractivity contribution in [2.45, 2.75) is 271 Å². The number of aliphatic hydroxyl groups is 5. The van der Waals surface area contributed by atoms with Crippen LogP contribution in [0.2, 0.25) is 0 Å². The molecule has 3 amide bonds. The zero-order valence-electron chi connectivity index (χ0n) is 71.0. The zero-order valence-corrected chi connectivity index (χ0v) is 73.4. The van der Waals surface area contributed by atoms with Gasteiger partial charge < -0.3 is 40.2 Å². The number of aliphatic hydroxyl groups excluding tert-OH is 5. The average Bonchev–Trinajstić information content (AvgIpc) is 1.65. The highest BCUT2D eigenvalue weighted by molar-refractivity contribution is 7.14. The molecule has 3 aliphatic heterocycles. The molecule has 23 nitrogen and oxygen atoms in total. The lowest BCUT2D eigenvalue weighted by atomic mass is 9.79. The number of carbonyl (C=O) groups is 6. The molecule has 4 fully saturated rings. The minimum absolute atomic E-state index is 0.00620. The number of benzene rings is 3. The number of ketones is 3. The topological polar surface area (TPSA) is 305 Å². The lowest BCUT2D eigenvalue weighted by Crippen LogP contribution is -2.47. The molecule has 9 aromatic rings. The first-order valence-corrected chi connectivity index (χ1v) is 43.9. The predicted molar refractivity (Wildman–Crippen MR) is 459 cm³/mol. The molecule has 3 aromatic carbocycles. The summed E-state index contributed by atoms with van der Waals surface area (Å²) in [7, 11) is 0. The van der Waals surface area contributed by atoms with Gasteiger partial charge in [0.2, 0.25) is 17.7 Å². The highest BCUT2D eigenvalue weighted by atomic mass is 32.1. The van der Waals surface area contributed by atoms with Crippen molar-refractivity contribution in [2.24, 2.45) is 17.8 Å². The number of likely N-dealkylation sites (tertiary alicyclic amines) is 3. The number of rotatable bonds is 26. The minimum Gasteiger partial charge on any atom is -0.396 e. The van der Waals surface area contributed by atoms with Gasteiger partial charge in [0.15, 0.2) is 17.3 Å². The third-order valence-electron chi connectivity index (χ3n) is 23.8. The normalized spacial score (nSPS) is 20.2. The largest absolute Gasteiger partial charge is 0.396 e. The Bertz CT molecular complexity index is 4860. The Kier molecular flexibility index (Phi) is 28.8. The summed E-state index contributed by atoms with van der Waals surface area (Å²) >= 11 is 4.69. The van der Waals surface area contributed by atoms with Gasteiger partial charge in [-0.05, 0) is 123 Å². The van der Waals surface area contributed by atoms with Crippen molar-refractivity contribution in [3.8, 4) is 31.3 Å². The van der Waals surface area contributed by atoms with Crippen LogP contribution in [0.3, 0.4) is 0 Å². The molecular formula is C91H120N12O11S3. The number of carbonyl (C=O) groups excluding carboxylic acids is 6. The van der Waals surface area contributed by atoms with Crippen molar-refractivity contribution in [3.05, 3.63) is 177 Å². The Hall–Kier alpha value is -8.60. The molecule has 9 heterocycles. The predicted octanol–water partition coefficient (Wildman–Crippen LogP) is 14.9. The Morgan fingerprint density at radius 2 is 0.795 bits per heavy atom. The average molecular weight is 1650 g/mol. The smallest absolute Gasteiger partial charge is 0.248 e. The van der Waals surface area contributed by atoms with Gasteiger partial charge in [-0.2, -0.15) is 15.3 Å². The number of β-amino-alcohol motifs (C(OH)–C–C–N with tert-alkyl or cyclic N) is 3. The Balaban J connectivity index is 0.000000172. The van der Waals surface area contributed by atoms with Gasteiger partial charge in [0.05, 0.1) is 116 Å². The van der Waals surface area contributed by atoms with Crippen molar-refractivity contribution in [1.82, 2.24) is 59.0 Å². The molecule has 12 atom stereocenters. The van der Waals surface area contributed by atoms with Crippen LogP contribution in [0.25, 0.3) is 31.3 Å². The number of thiazole rings is 3. The lowest BCUT2D eigenvalue weighted by Gasteiger charge is -2.36. The molecule has 0 radical (unpaired) electrons. The van der Waals surface area contributed by atoms with Gasteiger partial charge in [0, 0.05) is 82.7 Å². The van der Waals surface area contributed by atoms with Crippen LogP contribution < -0.4 is 0 Å². The second-order valence-electron chi connectivity index (χ2n) is 36.5. The standard InChI is InChI=1S/C31H40N4O3S.2C30H40N4O4S/c1-19(21-9-11-23(12-10-21)29-20(2)32-18-39-29)13-27(37)26-14-25(36)17-34(26)30(38)28(22-7-6-8-22)35-16-24(15-33-35)31(3,4)5;1-18(2)27(34-14-23(13-32-34)30(4,5)6)29(38)33-15-24(36)12-25(33)26(37)11-22(16-35)20-7-9-21(10-8-20)28-19(3)31-17-39-28;1-18(2)27(34-14-22(13-32-34)30(4,5)6)29(38)33-15-23(36)12-25(33)26(37)11-19(3)20-7-9-21(10-8-20)28-24(16-35)31-17-39-28/h9-12,15-16,18-19,22,25-26,28,36H,6-8,13-14,17H2,1-5H3;7-10,13-14,17-18,22,24-25,27,35-36H,11-12,15-16H2,1-6H3;7-10,13-14,17-19,23,25,27,35-36H,11-12,15-16H2,1-6H3. The molecule has 3 saturated heterocycles. The summed E-state index contributed by atoms with van der Waals surface area (Å²) < 4.78 is 5.23. The van der Waals surface area contributed by atoms with Crippen molar-refractivity contribution in [3.63, 3.8) is 0 Å². The monoisotopic (exact) mass is 1650 g/mol. The summed E-state index contributed by atoms with van der Waals surface area (Å²) in [6.45, 7) is 35.1. The van der Waals surface area contributed by atoms with Crippen LogP contribution >= 0.6 is 34.0 Å². The van der Waals surface area contributed by atoms with Crippen molar-refractivity contribution >= 4 is 69.1 Å². The Morgan fingerprint density at radius 3 is 1.13 bits per heavy atom. The summed E-state index contributed by atoms with van der Waals surface area (Å²) in [6, 6.07) is 20.6. The minimum atomic E-state index is -0.770. The molecule has 12 unspecified atom stereocenters. The number of aryl methyl sites for hydroxylation is 2. The van der Waals surface area contributed by atoms with E-state index in [2.05, 4.69) is 124 Å². The SMILES string of the molecule is CC(CC(=O)C1CC(O)CN1C(=O)C(C(C)C)n1cc(C(C)(C)C)cn1)c1ccc(-c2scnc2CO)cc1.Cc1ncsc1-c1ccc(C(C)CC(=O)C2CC(O)CN2C(=O)C(C2CCC2)n2cc(C(C)(C)C)cn2)cc1.Cc1ncsc1-c1ccc(C(CO)CC(=O)C2CC(O)CN2C(=O)C(C(C)C)n2cc(C(C)(C)C)cn2)cc1. The van der Waals surface area contributed by atoms with E-state index in [1.165, 1.54) is 16.2 Å². The molecule has 5 N–H and O–H groups in total. The van der Waals surface area contributed by atoms with Gasteiger partial charge >= 0.3 is 0 Å². The maximum absolute atomic E-state index is 14.0. The molecule has 0 bridgehead atoms. The van der Waals surface area contributed by atoms with E-state index in [1.807, 2.05) is 137 Å². The lowest BCUT2D eigenvalue weighted by molar-refractivity contribution is -0.143. The Morgan fingerprint density at radius 1 is 0.453 bits per heavy atom. The maximum atomic E-state index is 14.0. The number of hydrogen-bond acceptors (Lipinski definition) is 20. The third-order valence-corrected chi connectivity index (χ3v) is 26.6. The number of amides is 3. The van der Waals surface area contributed by atoms with Crippen LogP contribution in [0.15, 0.2) is 127 Å². The molecule has 6 aromatic heterocycles. The molecule has 117 heavy (non-hydrogen) atoms. The van der Waals surface area contributed by atoms with Crippen molar-refractivity contribution < 1.29 is 54.3 Å². The van der Waals surface area contributed by atoms with Crippen molar-refractivity contribution in [2.75, 3.05) is 26.2 Å². The first kappa shape index (κ1) is 89.2. The van der Waals surface area contributed by atoms with Gasteiger partial charge in [-0.15, -0.1) is 34.0 Å². The molecule has 0 spiro atoms. The molecular weight excluding hydrogens is 1530 g/mol. The second kappa shape index (κ2) is 37.8. The molecule has 628 valence electrons. The summed E-state index contributed by atoms with van der Waals surface area (Å²) in [5.74, 6) is -1.01. The van der Waals surface area contributed by atoms with Crippen LogP contribution in [0.4, 0.5) is 0 Å². The highest BCUT2D eigenvalue weighted by Crippen LogP contribution is 2.42.